The van der Waals surface area contributed by atoms with Gasteiger partial charge in [-0.05, 0) is 31.6 Å². The Labute approximate surface area is 543 Å². The standard InChI is InChI=1S/C70H136O17P2/c1-6-10-13-16-18-19-20-21-22-23-24-25-26-31-34-37-41-46-51-56-70(75)87-66(60-81-68(73)54-49-44-40-36-33-30-28-27-29-32-35-39-43-47-52-63(5)9-4)62-85-89(78,79)83-58-64(71)57-82-88(76,77)84-61-65(59-80-67(72)53-48-42-15-12-8-3)86-69(74)55-50-45-38-17-14-11-7-2/h63-66,71H,6-62H2,1-5H3,(H,76,77)(H,78,79)/t63?,64-,65+,66+/m0/s1. The highest BCUT2D eigenvalue weighted by atomic mass is 31.2. The van der Waals surface area contributed by atoms with Crippen LogP contribution in [0, 0.1) is 5.92 Å². The van der Waals surface area contributed by atoms with Crippen molar-refractivity contribution in [2.75, 3.05) is 39.6 Å². The van der Waals surface area contributed by atoms with Crippen LogP contribution in [0.15, 0.2) is 0 Å². The number of unbranched alkanes of at least 4 members (excludes halogenated alkanes) is 41. The molecule has 0 heterocycles. The molecule has 0 fully saturated rings. The molecule has 0 amide bonds. The van der Waals surface area contributed by atoms with E-state index in [-0.39, 0.29) is 25.7 Å². The zero-order chi connectivity index (χ0) is 65.6. The van der Waals surface area contributed by atoms with E-state index in [4.69, 9.17) is 37.0 Å². The summed E-state index contributed by atoms with van der Waals surface area (Å²) in [7, 11) is -9.88. The summed E-state index contributed by atoms with van der Waals surface area (Å²) in [6.45, 7) is 7.16. The molecule has 0 bridgehead atoms. The predicted octanol–water partition coefficient (Wildman–Crippen LogP) is 20.1. The van der Waals surface area contributed by atoms with Gasteiger partial charge >= 0.3 is 39.5 Å². The van der Waals surface area contributed by atoms with Crippen molar-refractivity contribution in [3.8, 4) is 0 Å². The molecule has 0 aliphatic carbocycles. The smallest absolute Gasteiger partial charge is 0.462 e. The molecule has 0 aromatic carbocycles. The highest BCUT2D eigenvalue weighted by Crippen LogP contribution is 2.45. The summed E-state index contributed by atoms with van der Waals surface area (Å²) in [4.78, 5) is 72.1. The number of phosphoric acid groups is 2. The van der Waals surface area contributed by atoms with Gasteiger partial charge in [-0.3, -0.25) is 37.3 Å². The Morgan fingerprint density at radius 2 is 0.539 bits per heavy atom. The van der Waals surface area contributed by atoms with Gasteiger partial charge in [-0.1, -0.05) is 311 Å². The number of esters is 4. The molecular formula is C70H136O17P2. The van der Waals surface area contributed by atoms with Crippen molar-refractivity contribution >= 4 is 39.5 Å². The first-order valence-electron chi connectivity index (χ1n) is 36.7. The SMILES string of the molecule is CCCCCCCCCCCCCCCCCCCCCC(=O)O[C@H](COC(=O)CCCCCCCCCCCCCCCCC(C)CC)COP(=O)(O)OC[C@@H](O)COP(=O)(O)OC[C@@H](COC(=O)CCCCCCC)OC(=O)CCCCCCCCC. The van der Waals surface area contributed by atoms with Gasteiger partial charge in [0.15, 0.2) is 12.2 Å². The van der Waals surface area contributed by atoms with Gasteiger partial charge in [-0.2, -0.15) is 0 Å². The van der Waals surface area contributed by atoms with Gasteiger partial charge in [0.05, 0.1) is 26.4 Å². The summed E-state index contributed by atoms with van der Waals surface area (Å²) < 4.78 is 67.9. The molecule has 528 valence electrons. The minimum atomic E-state index is -4.95. The molecule has 0 rings (SSSR count). The Kier molecular flexibility index (Phi) is 62.1. The molecule has 0 aromatic rings. The maximum absolute atomic E-state index is 13.0. The number of aliphatic hydroxyl groups is 1. The van der Waals surface area contributed by atoms with Crippen molar-refractivity contribution in [1.29, 1.82) is 0 Å². The van der Waals surface area contributed by atoms with Crippen LogP contribution in [0.3, 0.4) is 0 Å². The minimum absolute atomic E-state index is 0.103. The van der Waals surface area contributed by atoms with Gasteiger partial charge < -0.3 is 33.8 Å². The van der Waals surface area contributed by atoms with E-state index < -0.39 is 97.5 Å². The van der Waals surface area contributed by atoms with Crippen molar-refractivity contribution in [3.63, 3.8) is 0 Å². The fourth-order valence-corrected chi connectivity index (χ4v) is 12.2. The van der Waals surface area contributed by atoms with Gasteiger partial charge in [0.2, 0.25) is 0 Å². The van der Waals surface area contributed by atoms with E-state index in [1.807, 2.05) is 0 Å². The number of phosphoric ester groups is 2. The first-order valence-corrected chi connectivity index (χ1v) is 39.7. The number of aliphatic hydroxyl groups excluding tert-OH is 1. The summed E-state index contributed by atoms with van der Waals surface area (Å²) in [6, 6.07) is 0. The largest absolute Gasteiger partial charge is 0.472 e. The second-order valence-corrected chi connectivity index (χ2v) is 28.4. The lowest BCUT2D eigenvalue weighted by Gasteiger charge is -2.21. The predicted molar refractivity (Wildman–Crippen MR) is 358 cm³/mol. The van der Waals surface area contributed by atoms with Crippen LogP contribution in [-0.4, -0.2) is 96.7 Å². The molecule has 0 spiro atoms. The van der Waals surface area contributed by atoms with Crippen LogP contribution >= 0.6 is 15.6 Å². The van der Waals surface area contributed by atoms with Gasteiger partial charge in [0.1, 0.15) is 19.3 Å². The summed E-state index contributed by atoms with van der Waals surface area (Å²) in [6.07, 6.45) is 50.6. The molecule has 0 saturated carbocycles. The molecule has 6 atom stereocenters. The van der Waals surface area contributed by atoms with Crippen LogP contribution in [0.25, 0.3) is 0 Å². The number of hydrogen-bond acceptors (Lipinski definition) is 15. The summed E-state index contributed by atoms with van der Waals surface area (Å²) in [5.41, 5.74) is 0. The molecule has 17 nitrogen and oxygen atoms in total. The van der Waals surface area contributed by atoms with Crippen molar-refractivity contribution in [2.24, 2.45) is 5.92 Å². The van der Waals surface area contributed by atoms with E-state index in [2.05, 4.69) is 34.6 Å². The highest BCUT2D eigenvalue weighted by molar-refractivity contribution is 7.47. The Balaban J connectivity index is 5.10. The third kappa shape index (κ3) is 63.2. The van der Waals surface area contributed by atoms with E-state index in [0.717, 1.165) is 115 Å². The van der Waals surface area contributed by atoms with Crippen LogP contribution in [0.2, 0.25) is 0 Å². The van der Waals surface area contributed by atoms with E-state index in [1.54, 1.807) is 0 Å². The van der Waals surface area contributed by atoms with Crippen LogP contribution in [0.4, 0.5) is 0 Å². The molecule has 0 radical (unpaired) electrons. The van der Waals surface area contributed by atoms with E-state index in [0.29, 0.717) is 25.7 Å². The average molecular weight is 1310 g/mol. The van der Waals surface area contributed by atoms with E-state index in [1.165, 1.54) is 167 Å². The van der Waals surface area contributed by atoms with Crippen LogP contribution < -0.4 is 0 Å². The van der Waals surface area contributed by atoms with Crippen LogP contribution in [-0.2, 0) is 65.4 Å². The maximum Gasteiger partial charge on any atom is 0.472 e. The first-order chi connectivity index (χ1) is 43.1. The quantitative estimate of drug-likeness (QED) is 0.0222. The number of rotatable bonds is 70. The molecule has 0 aliphatic heterocycles. The molecule has 3 unspecified atom stereocenters. The van der Waals surface area contributed by atoms with Crippen molar-refractivity contribution in [2.45, 2.75) is 380 Å². The minimum Gasteiger partial charge on any atom is -0.462 e. The Morgan fingerprint density at radius 3 is 0.798 bits per heavy atom. The average Bonchev–Trinajstić information content (AvgIpc) is 3.73. The molecule has 0 aliphatic rings. The second kappa shape index (κ2) is 63.5. The zero-order valence-electron chi connectivity index (χ0n) is 57.6. The fraction of sp³-hybridized carbons (Fsp3) is 0.943. The van der Waals surface area contributed by atoms with Crippen LogP contribution in [0.1, 0.15) is 362 Å². The summed E-state index contributed by atoms with van der Waals surface area (Å²) in [5.74, 6) is -1.29. The summed E-state index contributed by atoms with van der Waals surface area (Å²) in [5, 5.41) is 10.5. The topological polar surface area (TPSA) is 237 Å². The number of hydrogen-bond donors (Lipinski definition) is 3. The van der Waals surface area contributed by atoms with Crippen molar-refractivity contribution < 1.29 is 80.2 Å². The van der Waals surface area contributed by atoms with Gasteiger partial charge in [-0.15, -0.1) is 0 Å². The second-order valence-electron chi connectivity index (χ2n) is 25.5. The lowest BCUT2D eigenvalue weighted by atomic mass is 9.99. The first kappa shape index (κ1) is 87.1. The van der Waals surface area contributed by atoms with Crippen molar-refractivity contribution in [3.05, 3.63) is 0 Å². The molecular weight excluding hydrogens is 1170 g/mol. The number of carbonyl (C=O) groups excluding carboxylic acids is 4. The molecule has 0 saturated heterocycles. The van der Waals surface area contributed by atoms with Crippen LogP contribution in [0.5, 0.6) is 0 Å². The Morgan fingerprint density at radius 1 is 0.315 bits per heavy atom. The zero-order valence-corrected chi connectivity index (χ0v) is 59.4. The van der Waals surface area contributed by atoms with Gasteiger partial charge in [0, 0.05) is 25.7 Å². The number of carbonyl (C=O) groups is 4. The molecule has 3 N–H and O–H groups in total. The molecule has 19 heteroatoms. The normalized spacial score (nSPS) is 14.4. The lowest BCUT2D eigenvalue weighted by Crippen LogP contribution is -2.30. The van der Waals surface area contributed by atoms with Gasteiger partial charge in [0.25, 0.3) is 0 Å². The molecule has 89 heavy (non-hydrogen) atoms. The van der Waals surface area contributed by atoms with E-state index >= 15 is 0 Å². The lowest BCUT2D eigenvalue weighted by molar-refractivity contribution is -0.161. The fourth-order valence-electron chi connectivity index (χ4n) is 10.6. The van der Waals surface area contributed by atoms with Gasteiger partial charge in [-0.25, -0.2) is 9.13 Å². The Hall–Kier alpha value is -1.94. The van der Waals surface area contributed by atoms with E-state index in [9.17, 15) is 43.2 Å². The Bertz CT molecular complexity index is 1720. The van der Waals surface area contributed by atoms with Crippen molar-refractivity contribution in [1.82, 2.24) is 0 Å². The maximum atomic E-state index is 13.0. The monoisotopic (exact) mass is 1310 g/mol. The third-order valence-electron chi connectivity index (χ3n) is 16.6. The number of ether oxygens (including phenoxy) is 4. The highest BCUT2D eigenvalue weighted by Gasteiger charge is 2.30. The summed E-state index contributed by atoms with van der Waals surface area (Å²) >= 11 is 0. The molecule has 0 aromatic heterocycles. The third-order valence-corrected chi connectivity index (χ3v) is 18.5.